The summed E-state index contributed by atoms with van der Waals surface area (Å²) in [6.45, 7) is 0. The predicted molar refractivity (Wildman–Crippen MR) is 121 cm³/mol. The summed E-state index contributed by atoms with van der Waals surface area (Å²) in [4.78, 5) is 25.1. The lowest BCUT2D eigenvalue weighted by Gasteiger charge is -2.06. The average Bonchev–Trinajstić information content (AvgIpc) is 3.12. The number of benzene rings is 3. The Bertz CT molecular complexity index is 1300. The number of carbonyl (C=O) groups excluding carboxylic acids is 2. The van der Waals surface area contributed by atoms with Gasteiger partial charge in [0.05, 0.1) is 11.2 Å². The Morgan fingerprint density at radius 3 is 2.48 bits per heavy atom. The van der Waals surface area contributed by atoms with Crippen LogP contribution in [0.2, 0.25) is 5.02 Å². The highest BCUT2D eigenvalue weighted by atomic mass is 35.5. The van der Waals surface area contributed by atoms with Crippen molar-refractivity contribution in [1.82, 2.24) is 5.43 Å². The maximum absolute atomic E-state index is 12.7. The first-order valence-corrected chi connectivity index (χ1v) is 10.3. The topological polar surface area (TPSA) is 88.0 Å². The Balaban J connectivity index is 1.49. The molecule has 6 nitrogen and oxygen atoms in total. The fourth-order valence-corrected chi connectivity index (χ4v) is 4.19. The number of para-hydroxylation sites is 1. The zero-order valence-electron chi connectivity index (χ0n) is 15.9. The number of nitrogens with zero attached hydrogens (tertiary/aromatic N) is 1. The molecule has 2 N–H and O–H groups in total. The number of hydrogen-bond acceptors (Lipinski definition) is 6. The van der Waals surface area contributed by atoms with Crippen LogP contribution < -0.4 is 10.2 Å². The van der Waals surface area contributed by atoms with E-state index in [1.807, 2.05) is 24.3 Å². The largest absolute Gasteiger partial charge is 0.508 e. The molecular weight excluding hydrogens is 436 g/mol. The molecule has 1 aromatic heterocycles. The highest BCUT2D eigenvalue weighted by molar-refractivity contribution is 7.21. The van der Waals surface area contributed by atoms with Crippen molar-refractivity contribution in [3.05, 3.63) is 93.8 Å². The van der Waals surface area contributed by atoms with Gasteiger partial charge in [0.15, 0.2) is 0 Å². The fraction of sp³-hybridized carbons (Fsp3) is 0. The number of hydrazone groups is 1. The summed E-state index contributed by atoms with van der Waals surface area (Å²) < 4.78 is 6.45. The van der Waals surface area contributed by atoms with E-state index in [1.165, 1.54) is 41.8 Å². The minimum absolute atomic E-state index is 0.0644. The number of nitrogens with one attached hydrogen (secondary N) is 1. The third-order valence-electron chi connectivity index (χ3n) is 4.34. The molecule has 4 rings (SSSR count). The van der Waals surface area contributed by atoms with E-state index in [-0.39, 0.29) is 11.5 Å². The van der Waals surface area contributed by atoms with Gasteiger partial charge in [-0.15, -0.1) is 11.3 Å². The van der Waals surface area contributed by atoms with Crippen LogP contribution in [0.25, 0.3) is 10.1 Å². The van der Waals surface area contributed by atoms with Crippen molar-refractivity contribution in [3.63, 3.8) is 0 Å². The normalized spacial score (nSPS) is 11.0. The number of halogens is 1. The summed E-state index contributed by atoms with van der Waals surface area (Å²) in [5.74, 6) is -0.666. The number of thiophene rings is 1. The van der Waals surface area contributed by atoms with Crippen LogP contribution in [0.1, 0.15) is 25.6 Å². The number of phenolic OH excluding ortho intramolecular Hbond substituents is 1. The molecule has 0 atom stereocenters. The van der Waals surface area contributed by atoms with Crippen molar-refractivity contribution in [3.8, 4) is 11.5 Å². The Hall–Kier alpha value is -3.68. The maximum atomic E-state index is 12.7. The van der Waals surface area contributed by atoms with Gasteiger partial charge in [-0.1, -0.05) is 41.9 Å². The van der Waals surface area contributed by atoms with Gasteiger partial charge in [0.2, 0.25) is 0 Å². The molecule has 8 heteroatoms. The highest BCUT2D eigenvalue weighted by Gasteiger charge is 2.19. The molecule has 1 heterocycles. The molecule has 0 spiro atoms. The number of ether oxygens (including phenoxy) is 1. The molecular formula is C23H15ClN2O4S. The van der Waals surface area contributed by atoms with E-state index < -0.39 is 11.9 Å². The highest BCUT2D eigenvalue weighted by Crippen LogP contribution is 2.36. The number of amides is 1. The summed E-state index contributed by atoms with van der Waals surface area (Å²) in [5.41, 5.74) is 3.24. The van der Waals surface area contributed by atoms with Crippen molar-refractivity contribution in [1.29, 1.82) is 0 Å². The van der Waals surface area contributed by atoms with Gasteiger partial charge in [-0.3, -0.25) is 4.79 Å². The zero-order chi connectivity index (χ0) is 21.8. The Morgan fingerprint density at radius 2 is 1.71 bits per heavy atom. The van der Waals surface area contributed by atoms with Gasteiger partial charge < -0.3 is 9.84 Å². The van der Waals surface area contributed by atoms with Crippen LogP contribution >= 0.6 is 22.9 Å². The van der Waals surface area contributed by atoms with E-state index in [0.29, 0.717) is 21.0 Å². The standard InChI is InChI=1S/C23H15ClN2O4S/c24-20-17-6-2-4-8-19(17)31-21(20)23(29)30-18-7-3-1-5-15(18)13-25-26-22(28)14-9-11-16(27)12-10-14/h1-13,27H,(H,26,28)/b25-13-. The minimum Gasteiger partial charge on any atom is -0.508 e. The molecule has 0 aliphatic rings. The van der Waals surface area contributed by atoms with Crippen LogP contribution in [-0.4, -0.2) is 23.2 Å². The van der Waals surface area contributed by atoms with E-state index >= 15 is 0 Å². The third-order valence-corrected chi connectivity index (χ3v) is 6.00. The fourth-order valence-electron chi connectivity index (χ4n) is 2.81. The van der Waals surface area contributed by atoms with Crippen LogP contribution in [0, 0.1) is 0 Å². The number of phenols is 1. The van der Waals surface area contributed by atoms with Gasteiger partial charge in [0.25, 0.3) is 5.91 Å². The zero-order valence-corrected chi connectivity index (χ0v) is 17.5. The summed E-state index contributed by atoms with van der Waals surface area (Å²) in [6, 6.07) is 20.1. The second-order valence-electron chi connectivity index (χ2n) is 6.41. The molecule has 1 amide bonds. The van der Waals surface area contributed by atoms with Crippen LogP contribution in [0.5, 0.6) is 11.5 Å². The Labute approximate surface area is 186 Å². The van der Waals surface area contributed by atoms with Crippen molar-refractivity contribution in [2.24, 2.45) is 5.10 Å². The Morgan fingerprint density at radius 1 is 1.00 bits per heavy atom. The summed E-state index contributed by atoms with van der Waals surface area (Å²) in [7, 11) is 0. The number of carbonyl (C=O) groups is 2. The van der Waals surface area contributed by atoms with Gasteiger partial charge in [-0.2, -0.15) is 5.10 Å². The molecule has 0 fully saturated rings. The third kappa shape index (κ3) is 4.58. The molecule has 0 saturated heterocycles. The maximum Gasteiger partial charge on any atom is 0.355 e. The molecule has 154 valence electrons. The molecule has 0 saturated carbocycles. The van der Waals surface area contributed by atoms with E-state index in [2.05, 4.69) is 10.5 Å². The van der Waals surface area contributed by atoms with Crippen LogP contribution in [0.15, 0.2) is 77.9 Å². The monoisotopic (exact) mass is 450 g/mol. The second-order valence-corrected chi connectivity index (χ2v) is 7.84. The number of hydrogen-bond donors (Lipinski definition) is 2. The first kappa shape index (κ1) is 20.6. The van der Waals surface area contributed by atoms with Gasteiger partial charge in [-0.05, 0) is 42.5 Å². The first-order valence-electron chi connectivity index (χ1n) is 9.13. The van der Waals surface area contributed by atoms with Crippen LogP contribution in [0.4, 0.5) is 0 Å². The quantitative estimate of drug-likeness (QED) is 0.188. The van der Waals surface area contributed by atoms with E-state index in [4.69, 9.17) is 16.3 Å². The van der Waals surface area contributed by atoms with Crippen molar-refractivity contribution >= 4 is 51.1 Å². The van der Waals surface area contributed by atoms with E-state index in [9.17, 15) is 14.7 Å². The van der Waals surface area contributed by atoms with Gasteiger partial charge in [-0.25, -0.2) is 10.2 Å². The molecule has 31 heavy (non-hydrogen) atoms. The summed E-state index contributed by atoms with van der Waals surface area (Å²) >= 11 is 7.63. The molecule has 0 unspecified atom stereocenters. The lowest BCUT2D eigenvalue weighted by atomic mass is 10.2. The Kier molecular flexibility index (Phi) is 5.97. The SMILES string of the molecule is O=C(N/N=C\c1ccccc1OC(=O)c1sc2ccccc2c1Cl)c1ccc(O)cc1. The van der Waals surface area contributed by atoms with Crippen molar-refractivity contribution in [2.45, 2.75) is 0 Å². The summed E-state index contributed by atoms with van der Waals surface area (Å²) in [6.07, 6.45) is 1.38. The van der Waals surface area contributed by atoms with E-state index in [1.54, 1.807) is 24.3 Å². The molecule has 3 aromatic carbocycles. The lowest BCUT2D eigenvalue weighted by Crippen LogP contribution is -2.17. The number of rotatable bonds is 5. The average molecular weight is 451 g/mol. The summed E-state index contributed by atoms with van der Waals surface area (Å²) in [5, 5.41) is 14.4. The van der Waals surface area contributed by atoms with Crippen LogP contribution in [0.3, 0.4) is 0 Å². The molecule has 0 radical (unpaired) electrons. The number of esters is 1. The van der Waals surface area contributed by atoms with Crippen LogP contribution in [-0.2, 0) is 0 Å². The van der Waals surface area contributed by atoms with Crippen molar-refractivity contribution in [2.75, 3.05) is 0 Å². The molecule has 0 aliphatic carbocycles. The lowest BCUT2D eigenvalue weighted by molar-refractivity contribution is 0.0739. The smallest absolute Gasteiger partial charge is 0.355 e. The van der Waals surface area contributed by atoms with Gasteiger partial charge >= 0.3 is 5.97 Å². The molecule has 0 aliphatic heterocycles. The van der Waals surface area contributed by atoms with E-state index in [0.717, 1.165) is 10.1 Å². The molecule has 4 aromatic rings. The minimum atomic E-state index is -0.569. The number of aromatic hydroxyl groups is 1. The first-order chi connectivity index (χ1) is 15.0. The molecule has 0 bridgehead atoms. The van der Waals surface area contributed by atoms with Gasteiger partial charge in [0, 0.05) is 21.2 Å². The van der Waals surface area contributed by atoms with Crippen molar-refractivity contribution < 1.29 is 19.4 Å². The van der Waals surface area contributed by atoms with Gasteiger partial charge in [0.1, 0.15) is 16.4 Å². The second kappa shape index (κ2) is 8.99. The predicted octanol–water partition coefficient (Wildman–Crippen LogP) is 5.24. The number of fused-ring (bicyclic) bond motifs is 1.